The van der Waals surface area contributed by atoms with Gasteiger partial charge in [0.2, 0.25) is 5.91 Å². The Bertz CT molecular complexity index is 862. The molecule has 0 spiro atoms. The van der Waals surface area contributed by atoms with Crippen LogP contribution in [-0.4, -0.2) is 49.4 Å². The Hall–Kier alpha value is -3.35. The summed E-state index contributed by atoms with van der Waals surface area (Å²) in [6.07, 6.45) is 0.920. The van der Waals surface area contributed by atoms with Crippen LogP contribution in [0.1, 0.15) is 12.5 Å². The Morgan fingerprint density at radius 2 is 1.68 bits per heavy atom. The van der Waals surface area contributed by atoms with E-state index in [0.29, 0.717) is 30.2 Å². The van der Waals surface area contributed by atoms with Crippen molar-refractivity contribution in [3.05, 3.63) is 54.1 Å². The number of carbonyl (C=O) groups is 3. The van der Waals surface area contributed by atoms with Crippen molar-refractivity contribution in [2.75, 3.05) is 37.0 Å². The minimum atomic E-state index is -0.682. The maximum Gasteiger partial charge on any atom is 0.316 e. The van der Waals surface area contributed by atoms with Gasteiger partial charge in [-0.1, -0.05) is 19.1 Å². The summed E-state index contributed by atoms with van der Waals surface area (Å²) in [6, 6.07) is 14.5. The zero-order chi connectivity index (χ0) is 20.1. The molecule has 2 aromatic carbocycles. The molecule has 0 saturated carbocycles. The van der Waals surface area contributed by atoms with Crippen LogP contribution < -0.4 is 15.0 Å². The van der Waals surface area contributed by atoms with E-state index in [4.69, 9.17) is 4.74 Å². The van der Waals surface area contributed by atoms with Crippen LogP contribution in [0.5, 0.6) is 5.75 Å². The van der Waals surface area contributed by atoms with E-state index in [9.17, 15) is 14.4 Å². The number of ether oxygens (including phenoxy) is 1. The molecule has 146 valence electrons. The molecule has 1 N–H and O–H groups in total. The summed E-state index contributed by atoms with van der Waals surface area (Å²) in [7, 11) is 1.56. The van der Waals surface area contributed by atoms with Crippen molar-refractivity contribution in [3.8, 4) is 5.75 Å². The topological polar surface area (TPSA) is 79.0 Å². The molecule has 7 nitrogen and oxygen atoms in total. The molecule has 0 unspecified atom stereocenters. The van der Waals surface area contributed by atoms with Gasteiger partial charge in [-0.2, -0.15) is 0 Å². The number of benzene rings is 2. The van der Waals surface area contributed by atoms with E-state index < -0.39 is 11.8 Å². The van der Waals surface area contributed by atoms with Crippen molar-refractivity contribution in [3.63, 3.8) is 0 Å². The highest BCUT2D eigenvalue weighted by Crippen LogP contribution is 2.21. The lowest BCUT2D eigenvalue weighted by Crippen LogP contribution is -2.56. The SMILES string of the molecule is CCc1ccc(NC(=O)CN2CCN(c3ccc(OC)cc3)C(=O)C2=O)cc1. The Balaban J connectivity index is 1.59. The molecular weight excluding hydrogens is 358 g/mol. The standard InChI is InChI=1S/C21H23N3O4/c1-3-15-4-6-16(7-5-15)22-19(25)14-23-12-13-24(21(27)20(23)26)17-8-10-18(28-2)11-9-17/h4-11H,3,12-14H2,1-2H3,(H,22,25). The molecule has 0 aliphatic carbocycles. The van der Waals surface area contributed by atoms with Crippen molar-refractivity contribution in [1.82, 2.24) is 4.90 Å². The van der Waals surface area contributed by atoms with Gasteiger partial charge in [0.05, 0.1) is 7.11 Å². The second-order valence-electron chi connectivity index (χ2n) is 6.48. The molecule has 1 fully saturated rings. The highest BCUT2D eigenvalue weighted by atomic mass is 16.5. The first-order valence-corrected chi connectivity index (χ1v) is 9.15. The minimum absolute atomic E-state index is 0.156. The number of carbonyl (C=O) groups excluding carboxylic acids is 3. The number of anilines is 2. The monoisotopic (exact) mass is 381 g/mol. The molecule has 0 radical (unpaired) electrons. The van der Waals surface area contributed by atoms with Gasteiger partial charge in [-0.3, -0.25) is 14.4 Å². The average molecular weight is 381 g/mol. The van der Waals surface area contributed by atoms with Gasteiger partial charge in [-0.05, 0) is 48.4 Å². The summed E-state index contributed by atoms with van der Waals surface area (Å²) in [5, 5.41) is 2.76. The lowest BCUT2D eigenvalue weighted by atomic mass is 10.1. The van der Waals surface area contributed by atoms with Crippen LogP contribution in [0, 0.1) is 0 Å². The van der Waals surface area contributed by atoms with E-state index in [-0.39, 0.29) is 12.5 Å². The quantitative estimate of drug-likeness (QED) is 0.777. The predicted octanol–water partition coefficient (Wildman–Crippen LogP) is 2.07. The van der Waals surface area contributed by atoms with Crippen LogP contribution in [-0.2, 0) is 20.8 Å². The highest BCUT2D eigenvalue weighted by molar-refractivity contribution is 6.41. The zero-order valence-corrected chi connectivity index (χ0v) is 16.0. The second kappa shape index (κ2) is 8.56. The van der Waals surface area contributed by atoms with Gasteiger partial charge < -0.3 is 19.9 Å². The summed E-state index contributed by atoms with van der Waals surface area (Å²) in [6.45, 7) is 2.52. The van der Waals surface area contributed by atoms with Crippen LogP contribution >= 0.6 is 0 Å². The average Bonchev–Trinajstić information content (AvgIpc) is 2.72. The Morgan fingerprint density at radius 3 is 2.29 bits per heavy atom. The summed E-state index contributed by atoms with van der Waals surface area (Å²) in [5.74, 6) is -0.983. The molecule has 3 rings (SSSR count). The Morgan fingerprint density at radius 1 is 1.00 bits per heavy atom. The first kappa shape index (κ1) is 19.4. The summed E-state index contributed by atoms with van der Waals surface area (Å²) in [4.78, 5) is 39.9. The lowest BCUT2D eigenvalue weighted by Gasteiger charge is -2.33. The molecule has 1 heterocycles. The van der Waals surface area contributed by atoms with Crippen LogP contribution in [0.25, 0.3) is 0 Å². The van der Waals surface area contributed by atoms with Crippen molar-refractivity contribution >= 4 is 29.1 Å². The molecule has 3 amide bonds. The first-order chi connectivity index (χ1) is 13.5. The van der Waals surface area contributed by atoms with Gasteiger partial charge in [0, 0.05) is 24.5 Å². The van der Waals surface area contributed by atoms with Crippen LogP contribution in [0.4, 0.5) is 11.4 Å². The Labute approximate surface area is 163 Å². The molecule has 1 aliphatic heterocycles. The maximum atomic E-state index is 12.5. The van der Waals surface area contributed by atoms with Crippen molar-refractivity contribution in [2.24, 2.45) is 0 Å². The third-order valence-corrected chi connectivity index (χ3v) is 4.67. The van der Waals surface area contributed by atoms with E-state index in [0.717, 1.165) is 6.42 Å². The molecule has 7 heteroatoms. The van der Waals surface area contributed by atoms with E-state index in [1.54, 1.807) is 31.4 Å². The third-order valence-electron chi connectivity index (χ3n) is 4.67. The number of aryl methyl sites for hydroxylation is 1. The molecule has 1 saturated heterocycles. The van der Waals surface area contributed by atoms with E-state index in [1.165, 1.54) is 15.4 Å². The van der Waals surface area contributed by atoms with Crippen molar-refractivity contribution in [1.29, 1.82) is 0 Å². The van der Waals surface area contributed by atoms with Gasteiger partial charge in [-0.15, -0.1) is 0 Å². The fraction of sp³-hybridized carbons (Fsp3) is 0.286. The van der Waals surface area contributed by atoms with E-state index in [1.807, 2.05) is 24.3 Å². The maximum absolute atomic E-state index is 12.5. The number of amides is 3. The first-order valence-electron chi connectivity index (χ1n) is 9.15. The fourth-order valence-electron chi connectivity index (χ4n) is 3.03. The molecule has 0 atom stereocenters. The van der Waals surface area contributed by atoms with Gasteiger partial charge in [0.15, 0.2) is 0 Å². The van der Waals surface area contributed by atoms with Crippen molar-refractivity contribution in [2.45, 2.75) is 13.3 Å². The third kappa shape index (κ3) is 4.31. The molecule has 0 aromatic heterocycles. The molecular formula is C21H23N3O4. The second-order valence-corrected chi connectivity index (χ2v) is 6.48. The van der Waals surface area contributed by atoms with E-state index >= 15 is 0 Å². The number of nitrogens with one attached hydrogen (secondary N) is 1. The van der Waals surface area contributed by atoms with Gasteiger partial charge >= 0.3 is 11.8 Å². The van der Waals surface area contributed by atoms with Gasteiger partial charge in [0.1, 0.15) is 12.3 Å². The van der Waals surface area contributed by atoms with Crippen molar-refractivity contribution < 1.29 is 19.1 Å². The van der Waals surface area contributed by atoms with Crippen LogP contribution in [0.3, 0.4) is 0 Å². The summed E-state index contributed by atoms with van der Waals surface area (Å²) < 4.78 is 5.10. The molecule has 2 aromatic rings. The smallest absolute Gasteiger partial charge is 0.316 e. The number of hydrogen-bond donors (Lipinski definition) is 1. The molecule has 0 bridgehead atoms. The number of methoxy groups -OCH3 is 1. The number of rotatable bonds is 6. The number of hydrogen-bond acceptors (Lipinski definition) is 4. The predicted molar refractivity (Wildman–Crippen MR) is 106 cm³/mol. The number of nitrogens with zero attached hydrogens (tertiary/aromatic N) is 2. The van der Waals surface area contributed by atoms with E-state index in [2.05, 4.69) is 12.2 Å². The van der Waals surface area contributed by atoms with Gasteiger partial charge in [0.25, 0.3) is 0 Å². The summed E-state index contributed by atoms with van der Waals surface area (Å²) in [5.41, 5.74) is 2.46. The normalized spacial score (nSPS) is 14.2. The lowest BCUT2D eigenvalue weighted by molar-refractivity contribution is -0.147. The summed E-state index contributed by atoms with van der Waals surface area (Å²) >= 11 is 0. The Kier molecular flexibility index (Phi) is 5.93. The van der Waals surface area contributed by atoms with Crippen LogP contribution in [0.15, 0.2) is 48.5 Å². The molecule has 1 aliphatic rings. The highest BCUT2D eigenvalue weighted by Gasteiger charge is 2.34. The molecule has 28 heavy (non-hydrogen) atoms. The van der Waals surface area contributed by atoms with Gasteiger partial charge in [-0.25, -0.2) is 0 Å². The van der Waals surface area contributed by atoms with Crippen LogP contribution in [0.2, 0.25) is 0 Å². The largest absolute Gasteiger partial charge is 0.497 e. The fourth-order valence-corrected chi connectivity index (χ4v) is 3.03. The zero-order valence-electron chi connectivity index (χ0n) is 16.0. The number of piperazine rings is 1. The minimum Gasteiger partial charge on any atom is -0.497 e.